The van der Waals surface area contributed by atoms with Crippen LogP contribution in [0.15, 0.2) is 48.5 Å². The van der Waals surface area contributed by atoms with Gasteiger partial charge in [-0.2, -0.15) is 5.26 Å². The first-order chi connectivity index (χ1) is 10.7. The van der Waals surface area contributed by atoms with Crippen LogP contribution in [0.4, 0.5) is 5.69 Å². The number of amides is 1. The molecule has 0 bridgehead atoms. The zero-order chi connectivity index (χ0) is 15.5. The van der Waals surface area contributed by atoms with Crippen molar-refractivity contribution in [1.29, 1.82) is 5.26 Å². The Balaban J connectivity index is 1.95. The summed E-state index contributed by atoms with van der Waals surface area (Å²) in [5.74, 6) is 0.833. The molecule has 1 amide bonds. The van der Waals surface area contributed by atoms with Crippen molar-refractivity contribution in [1.82, 2.24) is 0 Å². The fourth-order valence-corrected chi connectivity index (χ4v) is 2.60. The molecule has 0 N–H and O–H groups in total. The van der Waals surface area contributed by atoms with E-state index in [1.54, 1.807) is 23.1 Å². The lowest BCUT2D eigenvalue weighted by Gasteiger charge is -2.20. The molecule has 0 aromatic heterocycles. The smallest absolute Gasteiger partial charge is 0.228 e. The number of nitrogens with zero attached hydrogens (tertiary/aromatic N) is 2. The van der Waals surface area contributed by atoms with Crippen LogP contribution in [0.1, 0.15) is 6.42 Å². The third-order valence-electron chi connectivity index (χ3n) is 3.49. The van der Waals surface area contributed by atoms with Gasteiger partial charge in [0.15, 0.2) is 5.75 Å². The summed E-state index contributed by atoms with van der Waals surface area (Å²) in [6.07, 6.45) is 0.230. The summed E-state index contributed by atoms with van der Waals surface area (Å²) < 4.78 is 5.86. The first-order valence-electron chi connectivity index (χ1n) is 6.90. The maximum atomic E-state index is 12.1. The van der Waals surface area contributed by atoms with Crippen LogP contribution in [0.5, 0.6) is 11.5 Å². The number of anilines is 1. The lowest BCUT2D eigenvalue weighted by atomic mass is 10.1. The number of carbonyl (C=O) groups excluding carboxylic acids is 1. The summed E-state index contributed by atoms with van der Waals surface area (Å²) in [7, 11) is 0. The minimum absolute atomic E-state index is 0.0910. The average molecular weight is 313 g/mol. The second kappa shape index (κ2) is 6.08. The summed E-state index contributed by atoms with van der Waals surface area (Å²) in [5.41, 5.74) is 0.596. The Hall–Kier alpha value is -2.51. The predicted molar refractivity (Wildman–Crippen MR) is 84.0 cm³/mol. The van der Waals surface area contributed by atoms with Crippen molar-refractivity contribution < 1.29 is 9.53 Å². The number of benzene rings is 2. The number of carbonyl (C=O) groups is 1. The third kappa shape index (κ3) is 2.90. The van der Waals surface area contributed by atoms with Crippen LogP contribution in [0, 0.1) is 17.2 Å². The summed E-state index contributed by atoms with van der Waals surface area (Å²) in [6, 6.07) is 16.6. The van der Waals surface area contributed by atoms with Gasteiger partial charge in [-0.25, -0.2) is 0 Å². The highest BCUT2D eigenvalue weighted by atomic mass is 35.5. The van der Waals surface area contributed by atoms with Gasteiger partial charge < -0.3 is 9.64 Å². The molecule has 110 valence electrons. The van der Waals surface area contributed by atoms with Crippen LogP contribution in [-0.4, -0.2) is 12.5 Å². The fourth-order valence-electron chi connectivity index (χ4n) is 2.43. The van der Waals surface area contributed by atoms with E-state index in [1.165, 1.54) is 0 Å². The summed E-state index contributed by atoms with van der Waals surface area (Å²) in [5, 5.41) is 9.54. The van der Waals surface area contributed by atoms with Gasteiger partial charge in [0, 0.05) is 18.0 Å². The van der Waals surface area contributed by atoms with Crippen LogP contribution in [0.2, 0.25) is 5.02 Å². The van der Waals surface area contributed by atoms with E-state index in [9.17, 15) is 4.79 Å². The molecule has 1 heterocycles. The second-order valence-electron chi connectivity index (χ2n) is 5.06. The molecule has 1 fully saturated rings. The molecule has 0 aliphatic carbocycles. The zero-order valence-electron chi connectivity index (χ0n) is 11.7. The molecule has 1 aliphatic heterocycles. The number of ether oxygens (including phenoxy) is 1. The van der Waals surface area contributed by atoms with Crippen LogP contribution < -0.4 is 9.64 Å². The maximum Gasteiger partial charge on any atom is 0.228 e. The van der Waals surface area contributed by atoms with Crippen molar-refractivity contribution in [3.05, 3.63) is 53.6 Å². The Kier molecular flexibility index (Phi) is 3.99. The Morgan fingerprint density at radius 3 is 2.68 bits per heavy atom. The van der Waals surface area contributed by atoms with Crippen molar-refractivity contribution in [3.63, 3.8) is 0 Å². The Morgan fingerprint density at radius 2 is 2.00 bits per heavy atom. The molecule has 4 nitrogen and oxygen atoms in total. The molecule has 3 rings (SSSR count). The average Bonchev–Trinajstić information content (AvgIpc) is 2.91. The van der Waals surface area contributed by atoms with Gasteiger partial charge in [0.05, 0.1) is 17.7 Å². The first kappa shape index (κ1) is 14.4. The number of halogens is 1. The van der Waals surface area contributed by atoms with E-state index >= 15 is 0 Å². The van der Waals surface area contributed by atoms with Crippen molar-refractivity contribution in [2.75, 3.05) is 11.4 Å². The van der Waals surface area contributed by atoms with E-state index in [0.29, 0.717) is 28.8 Å². The molecule has 22 heavy (non-hydrogen) atoms. The topological polar surface area (TPSA) is 53.3 Å². The van der Waals surface area contributed by atoms with Crippen LogP contribution in [-0.2, 0) is 4.79 Å². The van der Waals surface area contributed by atoms with Crippen molar-refractivity contribution in [3.8, 4) is 17.6 Å². The van der Waals surface area contributed by atoms with Gasteiger partial charge in [-0.15, -0.1) is 0 Å². The van der Waals surface area contributed by atoms with Crippen LogP contribution in [0.3, 0.4) is 0 Å². The third-order valence-corrected chi connectivity index (χ3v) is 3.73. The Labute approximate surface area is 133 Å². The fraction of sp³-hybridized carbons (Fsp3) is 0.176. The summed E-state index contributed by atoms with van der Waals surface area (Å²) in [4.78, 5) is 13.7. The molecular formula is C17H13ClN2O2. The largest absolute Gasteiger partial charge is 0.455 e. The highest BCUT2D eigenvalue weighted by Crippen LogP contribution is 2.37. The monoisotopic (exact) mass is 312 g/mol. The molecule has 0 radical (unpaired) electrons. The van der Waals surface area contributed by atoms with Crippen molar-refractivity contribution in [2.24, 2.45) is 5.92 Å². The standard InChI is InChI=1S/C17H13ClN2O2/c18-13-6-7-16(22-14-4-2-1-3-5-14)15(9-13)20-11-12(10-19)8-17(20)21/h1-7,9,12H,8,11H2. The number of nitriles is 1. The van der Waals surface area contributed by atoms with Gasteiger partial charge in [-0.3, -0.25) is 4.79 Å². The van der Waals surface area contributed by atoms with E-state index in [1.807, 2.05) is 30.3 Å². The normalized spacial score (nSPS) is 17.4. The molecular weight excluding hydrogens is 300 g/mol. The zero-order valence-corrected chi connectivity index (χ0v) is 12.5. The van der Waals surface area contributed by atoms with E-state index in [2.05, 4.69) is 6.07 Å². The van der Waals surface area contributed by atoms with Crippen molar-refractivity contribution >= 4 is 23.2 Å². The summed E-state index contributed by atoms with van der Waals surface area (Å²) >= 11 is 6.06. The maximum absolute atomic E-state index is 12.1. The van der Waals surface area contributed by atoms with Gasteiger partial charge in [0.1, 0.15) is 5.75 Å². The van der Waals surface area contributed by atoms with Crippen LogP contribution in [0.25, 0.3) is 0 Å². The number of para-hydroxylation sites is 1. The molecule has 0 spiro atoms. The van der Waals surface area contributed by atoms with E-state index in [0.717, 1.165) is 0 Å². The van der Waals surface area contributed by atoms with Gasteiger partial charge >= 0.3 is 0 Å². The minimum Gasteiger partial charge on any atom is -0.455 e. The minimum atomic E-state index is -0.295. The number of hydrogen-bond acceptors (Lipinski definition) is 3. The van der Waals surface area contributed by atoms with Gasteiger partial charge in [-0.1, -0.05) is 29.8 Å². The van der Waals surface area contributed by atoms with Gasteiger partial charge in [-0.05, 0) is 30.3 Å². The lowest BCUT2D eigenvalue weighted by molar-refractivity contribution is -0.117. The quantitative estimate of drug-likeness (QED) is 0.860. The lowest BCUT2D eigenvalue weighted by Crippen LogP contribution is -2.24. The highest BCUT2D eigenvalue weighted by molar-refractivity contribution is 6.31. The second-order valence-corrected chi connectivity index (χ2v) is 5.50. The van der Waals surface area contributed by atoms with Gasteiger partial charge in [0.25, 0.3) is 0 Å². The Bertz CT molecular complexity index is 740. The van der Waals surface area contributed by atoms with Crippen LogP contribution >= 0.6 is 11.6 Å². The SMILES string of the molecule is N#CC1CC(=O)N(c2cc(Cl)ccc2Oc2ccccc2)C1. The molecule has 1 atom stereocenters. The molecule has 0 saturated carbocycles. The highest BCUT2D eigenvalue weighted by Gasteiger charge is 2.32. The molecule has 2 aromatic carbocycles. The molecule has 5 heteroatoms. The predicted octanol–water partition coefficient (Wildman–Crippen LogP) is 4.01. The molecule has 1 aliphatic rings. The first-order valence-corrected chi connectivity index (χ1v) is 7.27. The van der Waals surface area contributed by atoms with E-state index in [4.69, 9.17) is 21.6 Å². The Morgan fingerprint density at radius 1 is 1.23 bits per heavy atom. The molecule has 1 unspecified atom stereocenters. The van der Waals surface area contributed by atoms with E-state index in [-0.39, 0.29) is 18.2 Å². The van der Waals surface area contributed by atoms with Crippen molar-refractivity contribution in [2.45, 2.75) is 6.42 Å². The molecule has 2 aromatic rings. The van der Waals surface area contributed by atoms with E-state index < -0.39 is 0 Å². The molecule has 1 saturated heterocycles. The number of rotatable bonds is 3. The number of hydrogen-bond donors (Lipinski definition) is 0. The summed E-state index contributed by atoms with van der Waals surface area (Å²) in [6.45, 7) is 0.362. The van der Waals surface area contributed by atoms with Gasteiger partial charge in [0.2, 0.25) is 5.91 Å².